The number of hydrogen-bond donors (Lipinski definition) is 0. The molecule has 2 aromatic carbocycles. The number of carbonyl (C=O) groups excluding carboxylic acids is 4. The molecule has 0 N–H and O–H groups in total. The number of non-ortho nitro benzene ring substituents is 1. The number of carbonyl (C=O) groups is 4. The van der Waals surface area contributed by atoms with Crippen LogP contribution in [0.5, 0.6) is 0 Å². The molecule has 1 saturated carbocycles. The predicted octanol–water partition coefficient (Wildman–Crippen LogP) is 3.40. The van der Waals surface area contributed by atoms with Crippen LogP contribution in [0.1, 0.15) is 46.9 Å². The molecular weight excluding hydrogens is 445 g/mol. The van der Waals surface area contributed by atoms with Gasteiger partial charge >= 0.3 is 0 Å². The maximum atomic E-state index is 13.4. The fraction of sp³-hybridized carbons (Fsp3) is 0.333. The Kier molecular flexibility index (Phi) is 6.23. The van der Waals surface area contributed by atoms with E-state index >= 15 is 0 Å². The number of Topliss-reactive ketones (excluding diaryl/α,β-unsaturated/α-hetero) is 1. The van der Waals surface area contributed by atoms with E-state index in [0.717, 1.165) is 34.6 Å². The van der Waals surface area contributed by atoms with Gasteiger partial charge in [0.05, 0.1) is 16.8 Å². The number of fused-ring (bicyclic) bond motifs is 1. The second kappa shape index (κ2) is 9.12. The summed E-state index contributed by atoms with van der Waals surface area (Å²) in [5.74, 6) is -4.12. The molecular formula is C24H22FN3O6. The van der Waals surface area contributed by atoms with Crippen molar-refractivity contribution >= 4 is 29.2 Å². The van der Waals surface area contributed by atoms with Gasteiger partial charge in [-0.3, -0.25) is 29.3 Å². The summed E-state index contributed by atoms with van der Waals surface area (Å²) in [5.41, 5.74) is -0.412. The van der Waals surface area contributed by atoms with E-state index in [-0.39, 0.29) is 22.7 Å². The molecule has 0 aromatic heterocycles. The number of imide groups is 1. The third-order valence-corrected chi connectivity index (χ3v) is 6.40. The lowest BCUT2D eigenvalue weighted by Gasteiger charge is -2.30. The first-order valence-electron chi connectivity index (χ1n) is 10.9. The number of rotatable bonds is 6. The first kappa shape index (κ1) is 23.2. The van der Waals surface area contributed by atoms with Crippen molar-refractivity contribution in [1.82, 2.24) is 10.0 Å². The van der Waals surface area contributed by atoms with Crippen molar-refractivity contribution in [2.75, 3.05) is 6.54 Å². The molecule has 10 heteroatoms. The number of hydrogen-bond acceptors (Lipinski definition) is 6. The van der Waals surface area contributed by atoms with Crippen LogP contribution >= 0.6 is 0 Å². The summed E-state index contributed by atoms with van der Waals surface area (Å²) < 4.78 is 13.3. The second-order valence-electron chi connectivity index (χ2n) is 8.72. The van der Waals surface area contributed by atoms with Crippen molar-refractivity contribution < 1.29 is 28.5 Å². The standard InChI is InChI=1S/C24H22FN3O6/c1-14-5-10-19-20(11-14)24(32)27(23(19)31)26(13-21(29)15-6-8-17(25)9-7-15)22(30)16-3-2-4-18(12-16)28(33)34/h2-4,6-9,12,14,19-20H,5,10-11,13H2,1H3/t14-,19-,20-/m1/s1. The topological polar surface area (TPSA) is 118 Å². The van der Waals surface area contributed by atoms with Crippen LogP contribution in [0.4, 0.5) is 10.1 Å². The average molecular weight is 467 g/mol. The van der Waals surface area contributed by atoms with Crippen LogP contribution < -0.4 is 0 Å². The van der Waals surface area contributed by atoms with Gasteiger partial charge in [-0.2, -0.15) is 5.01 Å². The number of nitrogens with zero attached hydrogens (tertiary/aromatic N) is 3. The Morgan fingerprint density at radius 1 is 1.06 bits per heavy atom. The van der Waals surface area contributed by atoms with E-state index < -0.39 is 52.6 Å². The lowest BCUT2D eigenvalue weighted by Crippen LogP contribution is -2.52. The molecule has 34 heavy (non-hydrogen) atoms. The number of nitro groups is 1. The van der Waals surface area contributed by atoms with Gasteiger partial charge in [0.15, 0.2) is 5.78 Å². The Balaban J connectivity index is 1.71. The third kappa shape index (κ3) is 4.30. The Labute approximate surface area is 194 Å². The van der Waals surface area contributed by atoms with Crippen LogP contribution in [0.3, 0.4) is 0 Å². The highest BCUT2D eigenvalue weighted by Crippen LogP contribution is 2.41. The number of benzene rings is 2. The van der Waals surface area contributed by atoms with Crippen molar-refractivity contribution in [3.8, 4) is 0 Å². The predicted molar refractivity (Wildman–Crippen MR) is 117 cm³/mol. The average Bonchev–Trinajstić information content (AvgIpc) is 3.06. The van der Waals surface area contributed by atoms with Crippen molar-refractivity contribution in [1.29, 1.82) is 0 Å². The zero-order valence-corrected chi connectivity index (χ0v) is 18.3. The third-order valence-electron chi connectivity index (χ3n) is 6.40. The second-order valence-corrected chi connectivity index (χ2v) is 8.72. The monoisotopic (exact) mass is 467 g/mol. The first-order chi connectivity index (χ1) is 16.2. The number of hydrazine groups is 1. The van der Waals surface area contributed by atoms with Crippen molar-refractivity contribution in [3.05, 3.63) is 75.6 Å². The Bertz CT molecular complexity index is 1180. The van der Waals surface area contributed by atoms with Crippen molar-refractivity contribution in [2.24, 2.45) is 17.8 Å². The minimum atomic E-state index is -0.896. The summed E-state index contributed by atoms with van der Waals surface area (Å²) in [6, 6.07) is 9.49. The Morgan fingerprint density at radius 3 is 2.41 bits per heavy atom. The molecule has 2 aliphatic rings. The van der Waals surface area contributed by atoms with E-state index in [1.807, 2.05) is 6.92 Å². The molecule has 2 aromatic rings. The molecule has 1 aliphatic heterocycles. The number of nitro benzene ring substituents is 1. The largest absolute Gasteiger partial charge is 0.292 e. The highest BCUT2D eigenvalue weighted by molar-refractivity contribution is 6.09. The minimum absolute atomic E-state index is 0.0865. The molecule has 9 nitrogen and oxygen atoms in total. The molecule has 2 fully saturated rings. The fourth-order valence-electron chi connectivity index (χ4n) is 4.61. The Hall–Kier alpha value is -3.95. The summed E-state index contributed by atoms with van der Waals surface area (Å²) in [6.07, 6.45) is 1.76. The smallest absolute Gasteiger partial charge is 0.273 e. The first-order valence-corrected chi connectivity index (χ1v) is 10.9. The molecule has 0 spiro atoms. The Morgan fingerprint density at radius 2 is 1.74 bits per heavy atom. The molecule has 1 heterocycles. The van der Waals surface area contributed by atoms with Gasteiger partial charge in [0, 0.05) is 23.3 Å². The van der Waals surface area contributed by atoms with Gasteiger partial charge in [-0.1, -0.05) is 13.0 Å². The van der Waals surface area contributed by atoms with Crippen molar-refractivity contribution in [3.63, 3.8) is 0 Å². The molecule has 0 unspecified atom stereocenters. The normalized spacial score (nSPS) is 21.8. The number of halogens is 1. The van der Waals surface area contributed by atoms with E-state index in [2.05, 4.69) is 0 Å². The highest BCUT2D eigenvalue weighted by Gasteiger charge is 2.52. The van der Waals surface area contributed by atoms with Gasteiger partial charge in [0.25, 0.3) is 23.4 Å². The van der Waals surface area contributed by atoms with Crippen LogP contribution in [-0.2, 0) is 9.59 Å². The molecule has 1 aliphatic carbocycles. The minimum Gasteiger partial charge on any atom is -0.292 e. The van der Waals surface area contributed by atoms with Gasteiger partial charge in [-0.05, 0) is 55.5 Å². The molecule has 0 radical (unpaired) electrons. The molecule has 3 amide bonds. The maximum Gasteiger partial charge on any atom is 0.273 e. The van der Waals surface area contributed by atoms with E-state index in [1.54, 1.807) is 0 Å². The van der Waals surface area contributed by atoms with Crippen LogP contribution in [0, 0.1) is 33.7 Å². The lowest BCUT2D eigenvalue weighted by molar-refractivity contribution is -0.384. The van der Waals surface area contributed by atoms with Crippen molar-refractivity contribution in [2.45, 2.75) is 26.2 Å². The highest BCUT2D eigenvalue weighted by atomic mass is 19.1. The van der Waals surface area contributed by atoms with Gasteiger partial charge in [-0.15, -0.1) is 0 Å². The summed E-state index contributed by atoms with van der Waals surface area (Å²) in [6.45, 7) is 1.32. The van der Waals surface area contributed by atoms with Gasteiger partial charge in [0.1, 0.15) is 12.4 Å². The zero-order valence-electron chi connectivity index (χ0n) is 18.3. The SMILES string of the molecule is C[C@@H]1CC[C@H]2C(=O)N(N(CC(=O)c3ccc(F)cc3)C(=O)c3cccc([N+](=O)[O-])c3)C(=O)[C@@H]2C1. The zero-order chi connectivity index (χ0) is 24.6. The van der Waals surface area contributed by atoms with Crippen LogP contribution in [-0.4, -0.2) is 45.0 Å². The fourth-order valence-corrected chi connectivity index (χ4v) is 4.61. The van der Waals surface area contributed by atoms with E-state index in [1.165, 1.54) is 30.3 Å². The summed E-state index contributed by atoms with van der Waals surface area (Å²) >= 11 is 0. The number of amides is 3. The van der Waals surface area contributed by atoms with Gasteiger partial charge in [0.2, 0.25) is 0 Å². The van der Waals surface area contributed by atoms with Crippen LogP contribution in [0.2, 0.25) is 0 Å². The molecule has 1 saturated heterocycles. The quantitative estimate of drug-likeness (QED) is 0.278. The summed E-state index contributed by atoms with van der Waals surface area (Å²) in [7, 11) is 0. The van der Waals surface area contributed by atoms with Crippen LogP contribution in [0.15, 0.2) is 48.5 Å². The summed E-state index contributed by atoms with van der Waals surface area (Å²) in [4.78, 5) is 63.3. The molecule has 4 rings (SSSR count). The summed E-state index contributed by atoms with van der Waals surface area (Å²) in [5, 5.41) is 12.7. The maximum absolute atomic E-state index is 13.4. The molecule has 0 bridgehead atoms. The van der Waals surface area contributed by atoms with E-state index in [0.29, 0.717) is 12.8 Å². The van der Waals surface area contributed by atoms with Gasteiger partial charge in [-0.25, -0.2) is 9.40 Å². The molecule has 3 atom stereocenters. The van der Waals surface area contributed by atoms with E-state index in [9.17, 15) is 33.7 Å². The van der Waals surface area contributed by atoms with Gasteiger partial charge < -0.3 is 0 Å². The lowest BCUT2D eigenvalue weighted by atomic mass is 9.76. The number of ketones is 1. The van der Waals surface area contributed by atoms with E-state index in [4.69, 9.17) is 0 Å². The molecule has 176 valence electrons. The van der Waals surface area contributed by atoms with Crippen LogP contribution in [0.25, 0.3) is 0 Å².